The van der Waals surface area contributed by atoms with Crippen molar-refractivity contribution >= 4 is 28.9 Å². The van der Waals surface area contributed by atoms with Crippen LogP contribution in [0.25, 0.3) is 16.8 Å². The molecule has 0 spiro atoms. The molecule has 0 aliphatic rings. The molecule has 0 aliphatic carbocycles. The van der Waals surface area contributed by atoms with Gasteiger partial charge in [-0.1, -0.05) is 11.6 Å². The summed E-state index contributed by atoms with van der Waals surface area (Å²) >= 11 is 6.22. The minimum Gasteiger partial charge on any atom is -0.508 e. The number of nitrogens with zero attached hydrogens (tertiary/aromatic N) is 4. The molecule has 0 radical (unpaired) electrons. The predicted octanol–water partition coefficient (Wildman–Crippen LogP) is 3.89. The second-order valence-corrected chi connectivity index (χ2v) is 5.59. The molecule has 3 aromatic heterocycles. The Hall–Kier alpha value is -3.12. The molecule has 0 saturated carbocycles. The van der Waals surface area contributed by atoms with Gasteiger partial charge < -0.3 is 10.4 Å². The molecule has 3 heterocycles. The number of fused-ring (bicyclic) bond motifs is 1. The Kier molecular flexibility index (Phi) is 3.51. The summed E-state index contributed by atoms with van der Waals surface area (Å²) in [4.78, 5) is 8.50. The van der Waals surface area contributed by atoms with Crippen LogP contribution in [0.3, 0.4) is 0 Å². The highest BCUT2D eigenvalue weighted by Gasteiger charge is 2.09. The standard InChI is InChI=1S/C17H12ClN5O/c18-15-4-3-13(24)9-14(15)11-5-7-23-16(8-11)21-17(22-23)20-12-2-1-6-19-10-12/h1-10,24H,(H,20,22). The Balaban J connectivity index is 1.72. The monoisotopic (exact) mass is 337 g/mol. The van der Waals surface area contributed by atoms with Crippen LogP contribution in [0.4, 0.5) is 11.6 Å². The van der Waals surface area contributed by atoms with E-state index in [0.29, 0.717) is 16.6 Å². The van der Waals surface area contributed by atoms with Crippen molar-refractivity contribution in [1.29, 1.82) is 0 Å². The lowest BCUT2D eigenvalue weighted by Gasteiger charge is -2.05. The van der Waals surface area contributed by atoms with E-state index < -0.39 is 0 Å². The number of benzene rings is 1. The van der Waals surface area contributed by atoms with E-state index in [0.717, 1.165) is 16.8 Å². The molecular formula is C17H12ClN5O. The SMILES string of the molecule is Oc1ccc(Cl)c(-c2ccn3nc(Nc4cccnc4)nc3c2)c1. The number of phenols is 1. The molecule has 0 saturated heterocycles. The topological polar surface area (TPSA) is 75.3 Å². The summed E-state index contributed by atoms with van der Waals surface area (Å²) in [7, 11) is 0. The predicted molar refractivity (Wildman–Crippen MR) is 92.6 cm³/mol. The summed E-state index contributed by atoms with van der Waals surface area (Å²) in [6.07, 6.45) is 5.20. The van der Waals surface area contributed by atoms with Gasteiger partial charge in [-0.2, -0.15) is 4.98 Å². The van der Waals surface area contributed by atoms with Crippen LogP contribution in [-0.2, 0) is 0 Å². The number of phenolic OH excluding ortho intramolecular Hbond substituents is 1. The molecule has 0 amide bonds. The van der Waals surface area contributed by atoms with Gasteiger partial charge in [-0.05, 0) is 48.0 Å². The maximum atomic E-state index is 9.67. The molecule has 7 heteroatoms. The van der Waals surface area contributed by atoms with Crippen molar-refractivity contribution in [3.63, 3.8) is 0 Å². The lowest BCUT2D eigenvalue weighted by Crippen LogP contribution is -1.93. The number of halogens is 1. The highest BCUT2D eigenvalue weighted by molar-refractivity contribution is 6.33. The van der Waals surface area contributed by atoms with Gasteiger partial charge in [0.15, 0.2) is 5.65 Å². The van der Waals surface area contributed by atoms with Gasteiger partial charge in [0, 0.05) is 23.0 Å². The van der Waals surface area contributed by atoms with Gasteiger partial charge >= 0.3 is 0 Å². The molecule has 0 bridgehead atoms. The summed E-state index contributed by atoms with van der Waals surface area (Å²) in [6, 6.07) is 12.3. The third kappa shape index (κ3) is 2.75. The number of hydrogen-bond donors (Lipinski definition) is 2. The van der Waals surface area contributed by atoms with Crippen LogP contribution in [0.5, 0.6) is 5.75 Å². The number of rotatable bonds is 3. The van der Waals surface area contributed by atoms with E-state index in [1.54, 1.807) is 41.3 Å². The van der Waals surface area contributed by atoms with E-state index in [-0.39, 0.29) is 5.75 Å². The zero-order chi connectivity index (χ0) is 16.5. The fourth-order valence-electron chi connectivity index (χ4n) is 2.40. The number of aromatic hydroxyl groups is 1. The van der Waals surface area contributed by atoms with Crippen LogP contribution >= 0.6 is 11.6 Å². The van der Waals surface area contributed by atoms with Crippen molar-refractivity contribution in [3.8, 4) is 16.9 Å². The molecule has 4 aromatic rings. The molecule has 4 rings (SSSR count). The van der Waals surface area contributed by atoms with E-state index in [2.05, 4.69) is 20.4 Å². The number of hydrogen-bond acceptors (Lipinski definition) is 5. The number of anilines is 2. The summed E-state index contributed by atoms with van der Waals surface area (Å²) < 4.78 is 1.67. The van der Waals surface area contributed by atoms with Gasteiger partial charge in [-0.25, -0.2) is 4.52 Å². The van der Waals surface area contributed by atoms with Crippen molar-refractivity contribution in [3.05, 3.63) is 66.1 Å². The molecule has 2 N–H and O–H groups in total. The summed E-state index contributed by atoms with van der Waals surface area (Å²) in [5.41, 5.74) is 3.07. The van der Waals surface area contributed by atoms with E-state index in [1.807, 2.05) is 24.3 Å². The quantitative estimate of drug-likeness (QED) is 0.593. The molecule has 6 nitrogen and oxygen atoms in total. The average Bonchev–Trinajstić information content (AvgIpc) is 2.99. The maximum absolute atomic E-state index is 9.67. The largest absolute Gasteiger partial charge is 0.508 e. The van der Waals surface area contributed by atoms with Crippen molar-refractivity contribution in [2.24, 2.45) is 0 Å². The second kappa shape index (κ2) is 5.82. The Labute approximate surface area is 142 Å². The fraction of sp³-hybridized carbons (Fsp3) is 0. The first-order valence-electron chi connectivity index (χ1n) is 7.21. The van der Waals surface area contributed by atoms with Gasteiger partial charge in [0.25, 0.3) is 0 Å². The first-order chi connectivity index (χ1) is 11.7. The van der Waals surface area contributed by atoms with Crippen molar-refractivity contribution in [2.45, 2.75) is 0 Å². The van der Waals surface area contributed by atoms with Gasteiger partial charge in [0.2, 0.25) is 5.95 Å². The van der Waals surface area contributed by atoms with E-state index in [9.17, 15) is 5.11 Å². The van der Waals surface area contributed by atoms with E-state index >= 15 is 0 Å². The van der Waals surface area contributed by atoms with Crippen LogP contribution < -0.4 is 5.32 Å². The van der Waals surface area contributed by atoms with Gasteiger partial charge in [-0.15, -0.1) is 5.10 Å². The van der Waals surface area contributed by atoms with Crippen molar-refractivity contribution in [2.75, 3.05) is 5.32 Å². The average molecular weight is 338 g/mol. The van der Waals surface area contributed by atoms with Gasteiger partial charge in [-0.3, -0.25) is 4.98 Å². The van der Waals surface area contributed by atoms with Crippen LogP contribution in [0.15, 0.2) is 61.1 Å². The van der Waals surface area contributed by atoms with E-state index in [4.69, 9.17) is 11.6 Å². The van der Waals surface area contributed by atoms with Crippen LogP contribution in [-0.4, -0.2) is 24.7 Å². The molecular weight excluding hydrogens is 326 g/mol. The van der Waals surface area contributed by atoms with Crippen molar-refractivity contribution < 1.29 is 5.11 Å². The second-order valence-electron chi connectivity index (χ2n) is 5.18. The number of pyridine rings is 2. The molecule has 0 fully saturated rings. The highest BCUT2D eigenvalue weighted by atomic mass is 35.5. The maximum Gasteiger partial charge on any atom is 0.247 e. The van der Waals surface area contributed by atoms with Crippen LogP contribution in [0, 0.1) is 0 Å². The Morgan fingerprint density at radius 3 is 2.88 bits per heavy atom. The van der Waals surface area contributed by atoms with Crippen molar-refractivity contribution in [1.82, 2.24) is 19.6 Å². The van der Waals surface area contributed by atoms with Gasteiger partial charge in [0.05, 0.1) is 11.9 Å². The third-order valence-corrected chi connectivity index (χ3v) is 3.85. The summed E-state index contributed by atoms with van der Waals surface area (Å²) in [5.74, 6) is 0.636. The van der Waals surface area contributed by atoms with E-state index in [1.165, 1.54) is 0 Å². The minimum absolute atomic E-state index is 0.162. The molecule has 24 heavy (non-hydrogen) atoms. The number of nitrogens with one attached hydrogen (secondary N) is 1. The molecule has 0 aliphatic heterocycles. The summed E-state index contributed by atoms with van der Waals surface area (Å²) in [5, 5.41) is 17.7. The zero-order valence-electron chi connectivity index (χ0n) is 12.4. The Bertz CT molecular complexity index is 1020. The zero-order valence-corrected chi connectivity index (χ0v) is 13.1. The highest BCUT2D eigenvalue weighted by Crippen LogP contribution is 2.31. The Morgan fingerprint density at radius 1 is 1.12 bits per heavy atom. The van der Waals surface area contributed by atoms with Crippen LogP contribution in [0.2, 0.25) is 5.02 Å². The molecule has 0 unspecified atom stereocenters. The molecule has 0 atom stereocenters. The normalized spacial score (nSPS) is 10.9. The smallest absolute Gasteiger partial charge is 0.247 e. The third-order valence-electron chi connectivity index (χ3n) is 3.52. The Morgan fingerprint density at radius 2 is 2.04 bits per heavy atom. The first-order valence-corrected chi connectivity index (χ1v) is 7.59. The van der Waals surface area contributed by atoms with Crippen LogP contribution in [0.1, 0.15) is 0 Å². The van der Waals surface area contributed by atoms with Gasteiger partial charge in [0.1, 0.15) is 5.75 Å². The minimum atomic E-state index is 0.162. The lowest BCUT2D eigenvalue weighted by atomic mass is 10.1. The molecule has 118 valence electrons. The number of aromatic nitrogens is 4. The lowest BCUT2D eigenvalue weighted by molar-refractivity contribution is 0.475. The fourth-order valence-corrected chi connectivity index (χ4v) is 2.63. The summed E-state index contributed by atoms with van der Waals surface area (Å²) in [6.45, 7) is 0. The molecule has 1 aromatic carbocycles. The first kappa shape index (κ1) is 14.5.